The summed E-state index contributed by atoms with van der Waals surface area (Å²) in [6, 6.07) is 2.72. The molecule has 1 rings (SSSR count). The van der Waals surface area contributed by atoms with Crippen LogP contribution in [-0.4, -0.2) is 0 Å². The number of allylic oxidation sites excluding steroid dienone is 1. The minimum absolute atomic E-state index is 0.185. The van der Waals surface area contributed by atoms with Gasteiger partial charge in [0.15, 0.2) is 0 Å². The van der Waals surface area contributed by atoms with Crippen LogP contribution in [0.5, 0.6) is 0 Å². The standard InChI is InChI=1S/C13H13F3/c1-4-11(15)7-10-5-8(2)6-12(16)13(10)9(3)14/h5-7H,3-4H2,1-2H3/b11-7+. The fraction of sp³-hybridized carbons (Fsp3) is 0.231. The van der Waals surface area contributed by atoms with Crippen molar-refractivity contribution in [3.63, 3.8) is 0 Å². The zero-order chi connectivity index (χ0) is 12.3. The van der Waals surface area contributed by atoms with Crippen molar-refractivity contribution in [2.75, 3.05) is 0 Å². The molecule has 0 nitrogen and oxygen atoms in total. The normalized spacial score (nSPS) is 11.7. The Balaban J connectivity index is 3.41. The lowest BCUT2D eigenvalue weighted by atomic mass is 10.0. The number of halogens is 3. The maximum atomic E-state index is 13.5. The average molecular weight is 226 g/mol. The van der Waals surface area contributed by atoms with Gasteiger partial charge >= 0.3 is 0 Å². The van der Waals surface area contributed by atoms with E-state index < -0.39 is 17.5 Å². The molecule has 0 amide bonds. The van der Waals surface area contributed by atoms with E-state index in [9.17, 15) is 13.2 Å². The van der Waals surface area contributed by atoms with Gasteiger partial charge < -0.3 is 0 Å². The average Bonchev–Trinajstić information content (AvgIpc) is 2.15. The van der Waals surface area contributed by atoms with Gasteiger partial charge in [-0.1, -0.05) is 19.6 Å². The third-order valence-corrected chi connectivity index (χ3v) is 2.19. The van der Waals surface area contributed by atoms with Gasteiger partial charge in [-0.25, -0.2) is 13.2 Å². The zero-order valence-corrected chi connectivity index (χ0v) is 9.28. The molecule has 0 saturated heterocycles. The Morgan fingerprint density at radius 3 is 2.50 bits per heavy atom. The molecule has 0 spiro atoms. The molecule has 0 aliphatic rings. The summed E-state index contributed by atoms with van der Waals surface area (Å²) in [6.45, 7) is 6.34. The second kappa shape index (κ2) is 5.01. The molecule has 0 atom stereocenters. The van der Waals surface area contributed by atoms with Crippen LogP contribution in [0.2, 0.25) is 0 Å². The van der Waals surface area contributed by atoms with Crippen molar-refractivity contribution in [1.82, 2.24) is 0 Å². The highest BCUT2D eigenvalue weighted by molar-refractivity contribution is 5.70. The number of rotatable bonds is 3. The summed E-state index contributed by atoms with van der Waals surface area (Å²) in [7, 11) is 0. The number of hydrogen-bond acceptors (Lipinski definition) is 0. The first kappa shape index (κ1) is 12.6. The molecule has 0 aliphatic heterocycles. The van der Waals surface area contributed by atoms with E-state index >= 15 is 0 Å². The zero-order valence-electron chi connectivity index (χ0n) is 9.28. The van der Waals surface area contributed by atoms with Crippen molar-refractivity contribution in [2.45, 2.75) is 20.3 Å². The van der Waals surface area contributed by atoms with Crippen LogP contribution in [0.1, 0.15) is 30.0 Å². The smallest absolute Gasteiger partial charge is 0.134 e. The highest BCUT2D eigenvalue weighted by Gasteiger charge is 2.12. The molecule has 0 N–H and O–H groups in total. The van der Waals surface area contributed by atoms with Gasteiger partial charge in [0.25, 0.3) is 0 Å². The van der Waals surface area contributed by atoms with Crippen LogP contribution in [0.25, 0.3) is 11.9 Å². The van der Waals surface area contributed by atoms with Crippen molar-refractivity contribution in [3.05, 3.63) is 47.0 Å². The van der Waals surface area contributed by atoms with Gasteiger partial charge in [0.1, 0.15) is 17.5 Å². The fourth-order valence-electron chi connectivity index (χ4n) is 1.44. The van der Waals surface area contributed by atoms with Crippen molar-refractivity contribution in [1.29, 1.82) is 0 Å². The lowest BCUT2D eigenvalue weighted by molar-refractivity contribution is 0.608. The third kappa shape index (κ3) is 2.75. The molecule has 0 aromatic heterocycles. The summed E-state index contributed by atoms with van der Waals surface area (Å²) < 4.78 is 39.6. The van der Waals surface area contributed by atoms with Gasteiger partial charge in [-0.3, -0.25) is 0 Å². The quantitative estimate of drug-likeness (QED) is 0.694. The first-order valence-corrected chi connectivity index (χ1v) is 4.96. The lowest BCUT2D eigenvalue weighted by Gasteiger charge is -2.07. The molecule has 1 aromatic rings. The van der Waals surface area contributed by atoms with Crippen LogP contribution in [-0.2, 0) is 0 Å². The van der Waals surface area contributed by atoms with Crippen LogP contribution < -0.4 is 0 Å². The number of benzene rings is 1. The van der Waals surface area contributed by atoms with Gasteiger partial charge in [-0.2, -0.15) is 0 Å². The molecule has 0 radical (unpaired) electrons. The Hall–Kier alpha value is -1.51. The SMILES string of the molecule is C=C(F)c1c(F)cc(C)cc1/C=C(/F)CC. The third-order valence-electron chi connectivity index (χ3n) is 2.19. The van der Waals surface area contributed by atoms with E-state index in [4.69, 9.17) is 0 Å². The molecule has 0 unspecified atom stereocenters. The molecular weight excluding hydrogens is 213 g/mol. The second-order valence-corrected chi connectivity index (χ2v) is 3.56. The van der Waals surface area contributed by atoms with Crippen LogP contribution in [0.15, 0.2) is 24.5 Å². The molecule has 16 heavy (non-hydrogen) atoms. The van der Waals surface area contributed by atoms with Crippen molar-refractivity contribution >= 4 is 11.9 Å². The molecule has 1 aromatic carbocycles. The predicted octanol–water partition coefficient (Wildman–Crippen LogP) is 4.79. The molecule has 86 valence electrons. The number of aryl methyl sites for hydroxylation is 1. The molecule has 0 fully saturated rings. The fourth-order valence-corrected chi connectivity index (χ4v) is 1.44. The molecule has 0 heterocycles. The van der Waals surface area contributed by atoms with Gasteiger partial charge in [0, 0.05) is 0 Å². The van der Waals surface area contributed by atoms with E-state index in [2.05, 4.69) is 6.58 Å². The predicted molar refractivity (Wildman–Crippen MR) is 60.7 cm³/mol. The molecule has 0 saturated carbocycles. The minimum Gasteiger partial charge on any atom is -0.212 e. The summed E-state index contributed by atoms with van der Waals surface area (Å²) in [5.74, 6) is -2.04. The van der Waals surface area contributed by atoms with E-state index in [0.717, 1.165) is 6.08 Å². The summed E-state index contributed by atoms with van der Waals surface area (Å²) in [6.07, 6.45) is 1.32. The minimum atomic E-state index is -0.896. The molecule has 3 heteroatoms. The summed E-state index contributed by atoms with van der Waals surface area (Å²) >= 11 is 0. The topological polar surface area (TPSA) is 0 Å². The van der Waals surface area contributed by atoms with E-state index in [1.807, 2.05) is 0 Å². The van der Waals surface area contributed by atoms with E-state index in [0.29, 0.717) is 5.56 Å². The lowest BCUT2D eigenvalue weighted by Crippen LogP contribution is -1.93. The Bertz CT molecular complexity index is 445. The van der Waals surface area contributed by atoms with Crippen LogP contribution in [0.4, 0.5) is 13.2 Å². The van der Waals surface area contributed by atoms with E-state index in [1.54, 1.807) is 13.8 Å². The van der Waals surface area contributed by atoms with Gasteiger partial charge in [-0.15, -0.1) is 0 Å². The monoisotopic (exact) mass is 226 g/mol. The van der Waals surface area contributed by atoms with Crippen molar-refractivity contribution in [3.8, 4) is 0 Å². The van der Waals surface area contributed by atoms with Gasteiger partial charge in [0.2, 0.25) is 0 Å². The summed E-state index contributed by atoms with van der Waals surface area (Å²) in [5.41, 5.74) is 0.524. The maximum absolute atomic E-state index is 13.5. The van der Waals surface area contributed by atoms with Crippen molar-refractivity contribution < 1.29 is 13.2 Å². The van der Waals surface area contributed by atoms with Gasteiger partial charge in [0.05, 0.1) is 5.56 Å². The summed E-state index contributed by atoms with van der Waals surface area (Å²) in [4.78, 5) is 0. The molecule has 0 bridgehead atoms. The summed E-state index contributed by atoms with van der Waals surface area (Å²) in [5, 5.41) is 0. The van der Waals surface area contributed by atoms with Crippen LogP contribution >= 0.6 is 0 Å². The molecule has 0 aliphatic carbocycles. The van der Waals surface area contributed by atoms with Gasteiger partial charge in [-0.05, 0) is 36.6 Å². The largest absolute Gasteiger partial charge is 0.212 e. The Morgan fingerprint density at radius 2 is 2.00 bits per heavy atom. The van der Waals surface area contributed by atoms with E-state index in [-0.39, 0.29) is 17.5 Å². The van der Waals surface area contributed by atoms with Crippen molar-refractivity contribution in [2.24, 2.45) is 0 Å². The Kier molecular flexibility index (Phi) is 3.93. The first-order valence-electron chi connectivity index (χ1n) is 4.96. The first-order chi connectivity index (χ1) is 7.45. The highest BCUT2D eigenvalue weighted by Crippen LogP contribution is 2.26. The second-order valence-electron chi connectivity index (χ2n) is 3.56. The Morgan fingerprint density at radius 1 is 1.38 bits per heavy atom. The van der Waals surface area contributed by atoms with E-state index in [1.165, 1.54) is 12.1 Å². The Labute approximate surface area is 93.1 Å². The number of hydrogen-bond donors (Lipinski definition) is 0. The highest BCUT2D eigenvalue weighted by atomic mass is 19.1. The molecular formula is C13H13F3. The van der Waals surface area contributed by atoms with Crippen LogP contribution in [0, 0.1) is 12.7 Å². The van der Waals surface area contributed by atoms with Crippen LogP contribution in [0.3, 0.4) is 0 Å². The maximum Gasteiger partial charge on any atom is 0.134 e.